The third-order valence-corrected chi connectivity index (χ3v) is 6.26. The van der Waals surface area contributed by atoms with Crippen molar-refractivity contribution in [1.82, 2.24) is 4.98 Å². The molecule has 162 valence electrons. The first-order valence-electron chi connectivity index (χ1n) is 11.2. The van der Waals surface area contributed by atoms with Crippen molar-refractivity contribution in [2.24, 2.45) is 10.9 Å². The van der Waals surface area contributed by atoms with Crippen LogP contribution in [0.15, 0.2) is 109 Å². The Labute approximate surface area is 193 Å². The van der Waals surface area contributed by atoms with Gasteiger partial charge in [-0.15, -0.1) is 0 Å². The normalized spacial score (nSPS) is 15.9. The highest BCUT2D eigenvalue weighted by Crippen LogP contribution is 2.34. The van der Waals surface area contributed by atoms with Gasteiger partial charge in [0.15, 0.2) is 5.75 Å². The summed E-state index contributed by atoms with van der Waals surface area (Å²) in [5, 5.41) is 1.18. The smallest absolute Gasteiger partial charge is 0.151 e. The van der Waals surface area contributed by atoms with Crippen molar-refractivity contribution in [2.45, 2.75) is 0 Å². The second-order valence-electron chi connectivity index (χ2n) is 8.42. The molecule has 3 heterocycles. The van der Waals surface area contributed by atoms with Gasteiger partial charge in [0.2, 0.25) is 0 Å². The molecule has 0 saturated carbocycles. The second kappa shape index (κ2) is 8.43. The average Bonchev–Trinajstić information content (AvgIpc) is 2.84. The van der Waals surface area contributed by atoms with Crippen LogP contribution in [0, 0.1) is 5.92 Å². The van der Waals surface area contributed by atoms with E-state index in [1.54, 1.807) is 0 Å². The van der Waals surface area contributed by atoms with E-state index >= 15 is 0 Å². The number of pyridine rings is 1. The molecule has 1 saturated heterocycles. The topological polar surface area (TPSA) is 41.0 Å². The van der Waals surface area contributed by atoms with E-state index in [1.807, 2.05) is 73.2 Å². The molecule has 2 aliphatic heterocycles. The molecule has 6 rings (SSSR count). The summed E-state index contributed by atoms with van der Waals surface area (Å²) in [6.07, 6.45) is 5.91. The Morgan fingerprint density at radius 3 is 2.55 bits per heavy atom. The lowest BCUT2D eigenvalue weighted by Crippen LogP contribution is -2.53. The molecule has 0 bridgehead atoms. The van der Waals surface area contributed by atoms with Crippen molar-refractivity contribution in [1.29, 1.82) is 0 Å². The lowest BCUT2D eigenvalue weighted by Gasteiger charge is -2.42. The fourth-order valence-corrected chi connectivity index (χ4v) is 4.41. The van der Waals surface area contributed by atoms with E-state index < -0.39 is 0 Å². The maximum Gasteiger partial charge on any atom is 0.151 e. The Kier molecular flexibility index (Phi) is 5.00. The minimum Gasteiger partial charge on any atom is -0.455 e. The number of hydrogen-bond donors (Lipinski definition) is 0. The fourth-order valence-electron chi connectivity index (χ4n) is 4.41. The van der Waals surface area contributed by atoms with Crippen LogP contribution in [0.3, 0.4) is 0 Å². The lowest BCUT2D eigenvalue weighted by atomic mass is 9.92. The number of aliphatic imine (C=N–C) groups is 1. The zero-order chi connectivity index (χ0) is 22.0. The number of anilines is 2. The van der Waals surface area contributed by atoms with Crippen LogP contribution in [0.25, 0.3) is 10.9 Å². The highest BCUT2D eigenvalue weighted by Gasteiger charge is 2.33. The molecule has 1 aromatic heterocycles. The van der Waals surface area contributed by atoms with E-state index in [-0.39, 0.29) is 0 Å². The maximum atomic E-state index is 6.18. The maximum absolute atomic E-state index is 6.18. The Balaban J connectivity index is 1.15. The minimum absolute atomic E-state index is 0.436. The van der Waals surface area contributed by atoms with Crippen molar-refractivity contribution in [3.05, 3.63) is 104 Å². The zero-order valence-corrected chi connectivity index (χ0v) is 18.2. The van der Waals surface area contributed by atoms with Gasteiger partial charge < -0.3 is 14.5 Å². The average molecular weight is 433 g/mol. The summed E-state index contributed by atoms with van der Waals surface area (Å²) in [6.45, 7) is 2.69. The van der Waals surface area contributed by atoms with Gasteiger partial charge in [0.05, 0.1) is 29.6 Å². The molecule has 0 atom stereocenters. The molecule has 33 heavy (non-hydrogen) atoms. The van der Waals surface area contributed by atoms with E-state index in [9.17, 15) is 0 Å². The first-order chi connectivity index (χ1) is 16.3. The van der Waals surface area contributed by atoms with Crippen LogP contribution in [0.4, 0.5) is 11.4 Å². The molecule has 4 aromatic rings. The number of para-hydroxylation sites is 4. The van der Waals surface area contributed by atoms with Gasteiger partial charge in [0.1, 0.15) is 5.75 Å². The molecule has 0 N–H and O–H groups in total. The van der Waals surface area contributed by atoms with Crippen molar-refractivity contribution in [2.75, 3.05) is 29.4 Å². The van der Waals surface area contributed by atoms with Crippen molar-refractivity contribution in [3.63, 3.8) is 0 Å². The summed E-state index contributed by atoms with van der Waals surface area (Å²) in [5.74, 6) is 2.11. The predicted molar refractivity (Wildman–Crippen MR) is 134 cm³/mol. The molecule has 5 heteroatoms. The first-order valence-corrected chi connectivity index (χ1v) is 11.2. The van der Waals surface area contributed by atoms with Crippen LogP contribution in [0.1, 0.15) is 0 Å². The third-order valence-electron chi connectivity index (χ3n) is 6.26. The molecule has 0 aliphatic carbocycles. The predicted octanol–water partition coefficient (Wildman–Crippen LogP) is 5.90. The zero-order valence-electron chi connectivity index (χ0n) is 18.2. The van der Waals surface area contributed by atoms with Crippen LogP contribution in [0.5, 0.6) is 11.5 Å². The molecule has 5 nitrogen and oxygen atoms in total. The van der Waals surface area contributed by atoms with Gasteiger partial charge in [0, 0.05) is 42.5 Å². The first kappa shape index (κ1) is 19.6. The van der Waals surface area contributed by atoms with Crippen LogP contribution in [-0.2, 0) is 0 Å². The van der Waals surface area contributed by atoms with E-state index in [0.717, 1.165) is 42.3 Å². The second-order valence-corrected chi connectivity index (χ2v) is 8.42. The van der Waals surface area contributed by atoms with Gasteiger partial charge in [-0.1, -0.05) is 48.5 Å². The Bertz CT molecular complexity index is 1340. The van der Waals surface area contributed by atoms with Gasteiger partial charge in [-0.2, -0.15) is 0 Å². The quantitative estimate of drug-likeness (QED) is 0.394. The number of hydrogen-bond acceptors (Lipinski definition) is 5. The van der Waals surface area contributed by atoms with E-state index in [4.69, 9.17) is 9.73 Å². The van der Waals surface area contributed by atoms with Gasteiger partial charge in [-0.05, 0) is 36.4 Å². The molecule has 3 aromatic carbocycles. The van der Waals surface area contributed by atoms with Crippen molar-refractivity contribution in [3.8, 4) is 11.5 Å². The van der Waals surface area contributed by atoms with Crippen LogP contribution in [0.2, 0.25) is 0 Å². The molecule has 1 fully saturated rings. The summed E-state index contributed by atoms with van der Waals surface area (Å²) in [7, 11) is 0. The van der Waals surface area contributed by atoms with Gasteiger partial charge in [-0.25, -0.2) is 0 Å². The third kappa shape index (κ3) is 3.94. The monoisotopic (exact) mass is 432 g/mol. The summed E-state index contributed by atoms with van der Waals surface area (Å²) in [5.41, 5.74) is 4.46. The fraction of sp³-hybridized carbons (Fsp3) is 0.143. The van der Waals surface area contributed by atoms with Crippen LogP contribution >= 0.6 is 0 Å². The van der Waals surface area contributed by atoms with Crippen molar-refractivity contribution >= 4 is 28.0 Å². The number of ether oxygens (including phenoxy) is 1. The summed E-state index contributed by atoms with van der Waals surface area (Å²) in [6, 6.07) is 28.5. The van der Waals surface area contributed by atoms with E-state index in [0.29, 0.717) is 5.92 Å². The highest BCUT2D eigenvalue weighted by atomic mass is 16.5. The van der Waals surface area contributed by atoms with Gasteiger partial charge in [0.25, 0.3) is 0 Å². The number of fused-ring (bicyclic) bond motifs is 1. The Hall–Kier alpha value is -4.12. The number of nitrogens with zero attached hydrogens (tertiary/aromatic N) is 4. The molecule has 0 spiro atoms. The van der Waals surface area contributed by atoms with Gasteiger partial charge >= 0.3 is 0 Å². The number of rotatable bonds is 5. The summed E-state index contributed by atoms with van der Waals surface area (Å²) < 4.78 is 6.18. The molecular formula is C28H24N4O. The standard InChI is InChI=1S/C28H24N4O/c1-2-9-24(10-3-1)33-28-13-7-6-12-27(28)31-15-14-29-26(20-31)22-18-32(19-22)23-16-21-8-4-5-11-25(21)30-17-23/h1-17,22H,18-20H2. The largest absolute Gasteiger partial charge is 0.455 e. The number of aromatic nitrogens is 1. The minimum atomic E-state index is 0.436. The molecule has 0 radical (unpaired) electrons. The van der Waals surface area contributed by atoms with E-state index in [2.05, 4.69) is 45.1 Å². The van der Waals surface area contributed by atoms with Crippen LogP contribution in [-0.4, -0.2) is 30.3 Å². The molecule has 0 unspecified atom stereocenters. The Morgan fingerprint density at radius 1 is 0.848 bits per heavy atom. The van der Waals surface area contributed by atoms with E-state index in [1.165, 1.54) is 16.8 Å². The number of benzene rings is 3. The lowest BCUT2D eigenvalue weighted by molar-refractivity contribution is 0.482. The molecule has 2 aliphatic rings. The highest BCUT2D eigenvalue weighted by molar-refractivity contribution is 5.95. The summed E-state index contributed by atoms with van der Waals surface area (Å²) in [4.78, 5) is 13.9. The van der Waals surface area contributed by atoms with Crippen LogP contribution < -0.4 is 14.5 Å². The summed E-state index contributed by atoms with van der Waals surface area (Å²) >= 11 is 0. The Morgan fingerprint density at radius 2 is 1.64 bits per heavy atom. The SMILES string of the molecule is C1=CN(c2ccccc2Oc2ccccc2)CC(C2CN(c3cnc4ccccc4c3)C2)=N1. The van der Waals surface area contributed by atoms with Gasteiger partial charge in [-0.3, -0.25) is 9.98 Å². The van der Waals surface area contributed by atoms with Crippen molar-refractivity contribution < 1.29 is 4.74 Å². The molecular weight excluding hydrogens is 408 g/mol. The molecule has 0 amide bonds.